The van der Waals surface area contributed by atoms with E-state index in [1.807, 2.05) is 27.7 Å². The summed E-state index contributed by atoms with van der Waals surface area (Å²) < 4.78 is 0. The van der Waals surface area contributed by atoms with Crippen LogP contribution in [0.2, 0.25) is 0 Å². The van der Waals surface area contributed by atoms with Crippen LogP contribution in [0.25, 0.3) is 0 Å². The fourth-order valence-electron chi connectivity index (χ4n) is 1.03. The molecule has 1 fully saturated rings. The predicted octanol–water partition coefficient (Wildman–Crippen LogP) is 2.41. The van der Waals surface area contributed by atoms with Gasteiger partial charge in [-0.15, -0.1) is 0 Å². The Bertz CT molecular complexity index is 64.3. The van der Waals surface area contributed by atoms with Crippen molar-refractivity contribution in [2.24, 2.45) is 0 Å². The molecular weight excluding hydrogens is 249 g/mol. The number of nitrogens with one attached hydrogen (secondary N) is 1. The van der Waals surface area contributed by atoms with Crippen LogP contribution in [0.4, 0.5) is 0 Å². The Hall–Kier alpha value is 1.02. The Balaban J connectivity index is -0.0000000750. The maximum Gasteiger partial charge on any atom is 0.0107 e. The quantitative estimate of drug-likeness (QED) is 0.741. The molecule has 0 amide bonds. The summed E-state index contributed by atoms with van der Waals surface area (Å²) in [5.74, 6) is 0. The number of likely N-dealkylation sites (N-methyl/N-ethyl adjacent to an activating group) is 1. The van der Waals surface area contributed by atoms with Crippen molar-refractivity contribution in [2.75, 3.05) is 32.7 Å². The zero-order valence-electron chi connectivity index (χ0n) is 11.1. The van der Waals surface area contributed by atoms with E-state index in [2.05, 4.69) is 17.1 Å². The van der Waals surface area contributed by atoms with Crippen molar-refractivity contribution < 1.29 is 32.7 Å². The molecule has 1 rings (SSSR count). The van der Waals surface area contributed by atoms with Crippen molar-refractivity contribution in [2.45, 2.75) is 34.6 Å². The summed E-state index contributed by atoms with van der Waals surface area (Å²) in [5.41, 5.74) is 0. The van der Waals surface area contributed by atoms with E-state index in [0.717, 1.165) is 0 Å². The van der Waals surface area contributed by atoms with Gasteiger partial charge in [0.2, 0.25) is 0 Å². The summed E-state index contributed by atoms with van der Waals surface area (Å²) in [6.45, 7) is 16.2. The first-order valence-electron chi connectivity index (χ1n) is 5.36. The standard InChI is InChI=1S/C6H14N2.2C2H6.CH3.Y/c1-2-8-5-3-7-4-6-8;2*1-2;;/h7H,2-6H2,1H3;2*1-2H3;1H3;/q;;;-1;. The molecular formula is C11H29N2Y-. The molecule has 0 aromatic carbocycles. The predicted molar refractivity (Wildman–Crippen MR) is 64.1 cm³/mol. The number of hydrogen-bond donors (Lipinski definition) is 1. The molecule has 0 spiro atoms. The van der Waals surface area contributed by atoms with Crippen LogP contribution in [-0.4, -0.2) is 37.6 Å². The van der Waals surface area contributed by atoms with Crippen molar-refractivity contribution in [3.63, 3.8) is 0 Å². The summed E-state index contributed by atoms with van der Waals surface area (Å²) in [5, 5.41) is 3.31. The second-order valence-electron chi connectivity index (χ2n) is 2.18. The number of hydrogen-bond acceptors (Lipinski definition) is 2. The largest absolute Gasteiger partial charge is 0.358 e. The summed E-state index contributed by atoms with van der Waals surface area (Å²) in [6, 6.07) is 0. The van der Waals surface area contributed by atoms with Crippen LogP contribution < -0.4 is 5.32 Å². The van der Waals surface area contributed by atoms with Gasteiger partial charge in [0.25, 0.3) is 0 Å². The molecule has 0 aromatic heterocycles. The maximum absolute atomic E-state index is 3.31. The molecule has 1 N–H and O–H groups in total. The van der Waals surface area contributed by atoms with Crippen molar-refractivity contribution in [3.05, 3.63) is 7.43 Å². The fourth-order valence-corrected chi connectivity index (χ4v) is 1.03. The van der Waals surface area contributed by atoms with Crippen molar-refractivity contribution >= 4 is 0 Å². The van der Waals surface area contributed by atoms with E-state index in [1.165, 1.54) is 32.7 Å². The zero-order chi connectivity index (χ0) is 9.82. The molecule has 0 saturated carbocycles. The van der Waals surface area contributed by atoms with Gasteiger partial charge in [-0.2, -0.15) is 0 Å². The van der Waals surface area contributed by atoms with Gasteiger partial charge in [-0.3, -0.25) is 0 Å². The van der Waals surface area contributed by atoms with Crippen molar-refractivity contribution in [1.82, 2.24) is 10.2 Å². The van der Waals surface area contributed by atoms with Crippen LogP contribution in [0.1, 0.15) is 34.6 Å². The Morgan fingerprint density at radius 3 is 1.57 bits per heavy atom. The third kappa shape index (κ3) is 15.5. The van der Waals surface area contributed by atoms with Crippen LogP contribution in [0.15, 0.2) is 0 Å². The molecule has 3 heteroatoms. The molecule has 0 unspecified atom stereocenters. The van der Waals surface area contributed by atoms with Gasteiger partial charge < -0.3 is 17.6 Å². The fraction of sp³-hybridized carbons (Fsp3) is 0.909. The normalized spacial score (nSPS) is 14.4. The Morgan fingerprint density at radius 1 is 1.00 bits per heavy atom. The van der Waals surface area contributed by atoms with Crippen LogP contribution in [0.5, 0.6) is 0 Å². The monoisotopic (exact) mass is 278 g/mol. The van der Waals surface area contributed by atoms with Gasteiger partial charge >= 0.3 is 0 Å². The van der Waals surface area contributed by atoms with Gasteiger partial charge in [-0.05, 0) is 6.54 Å². The summed E-state index contributed by atoms with van der Waals surface area (Å²) >= 11 is 0. The van der Waals surface area contributed by atoms with Gasteiger partial charge in [-0.1, -0.05) is 34.6 Å². The first kappa shape index (κ1) is 24.3. The van der Waals surface area contributed by atoms with Crippen LogP contribution in [0.3, 0.4) is 0 Å². The topological polar surface area (TPSA) is 15.3 Å². The van der Waals surface area contributed by atoms with Gasteiger partial charge in [0.05, 0.1) is 0 Å². The van der Waals surface area contributed by atoms with E-state index in [4.69, 9.17) is 0 Å². The number of rotatable bonds is 1. The third-order valence-corrected chi connectivity index (χ3v) is 1.66. The molecule has 1 aliphatic heterocycles. The molecule has 0 bridgehead atoms. The SMILES string of the molecule is CC.CC.CCN1CCNCC1.[CH3-].[Y]. The average molecular weight is 278 g/mol. The molecule has 0 atom stereocenters. The van der Waals surface area contributed by atoms with E-state index in [1.54, 1.807) is 0 Å². The number of piperazine rings is 1. The average Bonchev–Trinajstić information content (AvgIpc) is 2.25. The van der Waals surface area contributed by atoms with Crippen LogP contribution >= 0.6 is 0 Å². The zero-order valence-corrected chi connectivity index (χ0v) is 13.9. The van der Waals surface area contributed by atoms with Crippen LogP contribution in [-0.2, 0) is 32.7 Å². The molecule has 1 heterocycles. The molecule has 0 aromatic rings. The van der Waals surface area contributed by atoms with Crippen molar-refractivity contribution in [3.8, 4) is 0 Å². The third-order valence-electron chi connectivity index (χ3n) is 1.66. The first-order valence-corrected chi connectivity index (χ1v) is 5.36. The Labute approximate surface area is 117 Å². The summed E-state index contributed by atoms with van der Waals surface area (Å²) in [4.78, 5) is 2.45. The van der Waals surface area contributed by atoms with E-state index in [0.29, 0.717) is 0 Å². The molecule has 2 nitrogen and oxygen atoms in total. The first-order chi connectivity index (χ1) is 5.93. The smallest absolute Gasteiger partial charge is 0.0107 e. The van der Waals surface area contributed by atoms with Gasteiger partial charge in [-0.25, -0.2) is 0 Å². The molecule has 1 saturated heterocycles. The van der Waals surface area contributed by atoms with Gasteiger partial charge in [0.15, 0.2) is 0 Å². The second-order valence-corrected chi connectivity index (χ2v) is 2.18. The summed E-state index contributed by atoms with van der Waals surface area (Å²) in [7, 11) is 0. The van der Waals surface area contributed by atoms with E-state index in [9.17, 15) is 0 Å². The van der Waals surface area contributed by atoms with Gasteiger partial charge in [0, 0.05) is 58.9 Å². The summed E-state index contributed by atoms with van der Waals surface area (Å²) in [6.07, 6.45) is 0. The van der Waals surface area contributed by atoms with E-state index in [-0.39, 0.29) is 40.1 Å². The minimum absolute atomic E-state index is 0. The molecule has 1 radical (unpaired) electrons. The molecule has 87 valence electrons. The minimum Gasteiger partial charge on any atom is -0.358 e. The molecule has 14 heavy (non-hydrogen) atoms. The molecule has 0 aliphatic carbocycles. The minimum atomic E-state index is 0. The van der Waals surface area contributed by atoms with E-state index < -0.39 is 0 Å². The number of nitrogens with zero attached hydrogens (tertiary/aromatic N) is 1. The molecule has 1 aliphatic rings. The van der Waals surface area contributed by atoms with E-state index >= 15 is 0 Å². The maximum atomic E-state index is 3.31. The van der Waals surface area contributed by atoms with Crippen molar-refractivity contribution in [1.29, 1.82) is 0 Å². The van der Waals surface area contributed by atoms with Gasteiger partial charge in [0.1, 0.15) is 0 Å². The van der Waals surface area contributed by atoms with Crippen LogP contribution in [0, 0.1) is 7.43 Å². The second kappa shape index (κ2) is 23.7. The Kier molecular flexibility index (Phi) is 41.1. The Morgan fingerprint density at radius 2 is 1.36 bits per heavy atom.